The minimum absolute atomic E-state index is 0. The van der Waals surface area contributed by atoms with Crippen molar-refractivity contribution >= 4 is 41.3 Å². The third-order valence-corrected chi connectivity index (χ3v) is 4.67. The van der Waals surface area contributed by atoms with Gasteiger partial charge in [0.15, 0.2) is 5.96 Å². The Balaban J connectivity index is 0.00000338. The van der Waals surface area contributed by atoms with E-state index in [1.807, 2.05) is 31.1 Å². The molecule has 1 atom stereocenters. The van der Waals surface area contributed by atoms with Crippen LogP contribution in [-0.4, -0.2) is 38.5 Å². The topological polar surface area (TPSA) is 39.7 Å². The van der Waals surface area contributed by atoms with Gasteiger partial charge in [-0.3, -0.25) is 4.99 Å². The fraction of sp³-hybridized carbons (Fsp3) is 0.421. The Kier molecular flexibility index (Phi) is 10.1. The summed E-state index contributed by atoms with van der Waals surface area (Å²) in [7, 11) is 5.63. The Morgan fingerprint density at radius 2 is 2.04 bits per heavy atom. The third-order valence-electron chi connectivity index (χ3n) is 3.97. The monoisotopic (exact) mass is 490 g/mol. The highest BCUT2D eigenvalue weighted by atomic mass is 127. The lowest BCUT2D eigenvalue weighted by Gasteiger charge is -2.16. The van der Waals surface area contributed by atoms with Crippen LogP contribution in [-0.2, 0) is 13.1 Å². The molecule has 0 saturated carbocycles. The smallest absolute Gasteiger partial charge is 0.191 e. The van der Waals surface area contributed by atoms with E-state index in [0.29, 0.717) is 24.6 Å². The summed E-state index contributed by atoms with van der Waals surface area (Å²) in [5.74, 6) is 1.01. The van der Waals surface area contributed by atoms with Crippen molar-refractivity contribution in [3.05, 3.63) is 57.5 Å². The number of guanidine groups is 1. The average Bonchev–Trinajstić information content (AvgIpc) is 3.11. The van der Waals surface area contributed by atoms with Gasteiger partial charge in [-0.15, -0.1) is 24.0 Å². The highest BCUT2D eigenvalue weighted by Crippen LogP contribution is 2.17. The van der Waals surface area contributed by atoms with Crippen LogP contribution in [0.25, 0.3) is 0 Å². The number of thiophene rings is 1. The summed E-state index contributed by atoms with van der Waals surface area (Å²) in [6, 6.07) is 7.40. The molecule has 0 spiro atoms. The van der Waals surface area contributed by atoms with Gasteiger partial charge in [0.1, 0.15) is 5.82 Å². The molecule has 0 saturated heterocycles. The predicted octanol–water partition coefficient (Wildman–Crippen LogP) is 4.04. The number of hydrogen-bond acceptors (Lipinski definition) is 3. The Morgan fingerprint density at radius 3 is 2.65 bits per heavy atom. The summed E-state index contributed by atoms with van der Waals surface area (Å²) in [5, 5.41) is 10.9. The highest BCUT2D eigenvalue weighted by Gasteiger charge is 2.08. The van der Waals surface area contributed by atoms with Crippen molar-refractivity contribution in [1.82, 2.24) is 15.5 Å². The van der Waals surface area contributed by atoms with E-state index in [1.165, 1.54) is 11.6 Å². The summed E-state index contributed by atoms with van der Waals surface area (Å²) in [4.78, 5) is 6.22. The first-order chi connectivity index (χ1) is 12.0. The fourth-order valence-corrected chi connectivity index (χ4v) is 3.31. The second kappa shape index (κ2) is 11.5. The molecule has 0 aliphatic rings. The standard InChI is InChI=1S/C19H27FN4S.HI/c1-14(16-7-8-25-13-16)10-22-19(21-2)23-11-15-5-6-18(20)17(9-15)12-24(3)4;/h5-9,13-14H,10-12H2,1-4H3,(H2,21,22,23);1H. The van der Waals surface area contributed by atoms with Crippen LogP contribution in [0, 0.1) is 5.82 Å². The summed E-state index contributed by atoms with van der Waals surface area (Å²) < 4.78 is 13.9. The molecule has 0 aliphatic heterocycles. The zero-order chi connectivity index (χ0) is 18.2. The van der Waals surface area contributed by atoms with E-state index >= 15 is 0 Å². The maximum atomic E-state index is 13.9. The Hall–Kier alpha value is -1.19. The molecule has 1 aromatic heterocycles. The Morgan fingerprint density at radius 1 is 1.27 bits per heavy atom. The number of nitrogens with zero attached hydrogens (tertiary/aromatic N) is 2. The van der Waals surface area contributed by atoms with Gasteiger partial charge in [-0.05, 0) is 60.1 Å². The zero-order valence-electron chi connectivity index (χ0n) is 15.8. The largest absolute Gasteiger partial charge is 0.356 e. The van der Waals surface area contributed by atoms with Gasteiger partial charge < -0.3 is 15.5 Å². The molecule has 2 N–H and O–H groups in total. The van der Waals surface area contributed by atoms with E-state index in [2.05, 4.69) is 39.4 Å². The minimum Gasteiger partial charge on any atom is -0.356 e. The first kappa shape index (κ1) is 22.9. The molecule has 1 heterocycles. The maximum Gasteiger partial charge on any atom is 0.191 e. The van der Waals surface area contributed by atoms with Crippen LogP contribution in [0.1, 0.15) is 29.5 Å². The van der Waals surface area contributed by atoms with Gasteiger partial charge in [0.2, 0.25) is 0 Å². The molecule has 144 valence electrons. The van der Waals surface area contributed by atoms with Crippen molar-refractivity contribution in [1.29, 1.82) is 0 Å². The van der Waals surface area contributed by atoms with E-state index in [0.717, 1.165) is 18.1 Å². The number of hydrogen-bond donors (Lipinski definition) is 2. The van der Waals surface area contributed by atoms with Crippen molar-refractivity contribution in [2.45, 2.75) is 25.9 Å². The van der Waals surface area contributed by atoms with Crippen molar-refractivity contribution in [2.75, 3.05) is 27.7 Å². The van der Waals surface area contributed by atoms with Gasteiger partial charge in [0, 0.05) is 32.2 Å². The van der Waals surface area contributed by atoms with Crippen LogP contribution >= 0.6 is 35.3 Å². The lowest BCUT2D eigenvalue weighted by Crippen LogP contribution is -2.38. The van der Waals surface area contributed by atoms with Crippen molar-refractivity contribution < 1.29 is 4.39 Å². The zero-order valence-corrected chi connectivity index (χ0v) is 18.9. The summed E-state index contributed by atoms with van der Waals surface area (Å²) >= 11 is 1.71. The highest BCUT2D eigenvalue weighted by molar-refractivity contribution is 14.0. The summed E-state index contributed by atoms with van der Waals surface area (Å²) in [6.07, 6.45) is 0. The molecule has 0 fully saturated rings. The van der Waals surface area contributed by atoms with Crippen molar-refractivity contribution in [2.24, 2.45) is 4.99 Å². The summed E-state index contributed by atoms with van der Waals surface area (Å²) in [5.41, 5.74) is 3.07. The van der Waals surface area contributed by atoms with Crippen LogP contribution in [0.5, 0.6) is 0 Å². The summed E-state index contributed by atoms with van der Waals surface area (Å²) in [6.45, 7) is 4.19. The van der Waals surface area contributed by atoms with E-state index in [9.17, 15) is 4.39 Å². The minimum atomic E-state index is -0.162. The van der Waals surface area contributed by atoms with Crippen molar-refractivity contribution in [3.63, 3.8) is 0 Å². The second-order valence-electron chi connectivity index (χ2n) is 6.43. The van der Waals surface area contributed by atoms with E-state index in [-0.39, 0.29) is 29.8 Å². The van der Waals surface area contributed by atoms with Gasteiger partial charge in [0.05, 0.1) is 0 Å². The van der Waals surface area contributed by atoms with Crippen LogP contribution < -0.4 is 10.6 Å². The van der Waals surface area contributed by atoms with Crippen molar-refractivity contribution in [3.8, 4) is 0 Å². The molecular formula is C19H28FIN4S. The molecule has 0 amide bonds. The number of halogens is 2. The lowest BCUT2D eigenvalue weighted by atomic mass is 10.1. The molecule has 0 radical (unpaired) electrons. The quantitative estimate of drug-likeness (QED) is 0.350. The Bertz CT molecular complexity index is 689. The third kappa shape index (κ3) is 7.20. The SMILES string of the molecule is CN=C(NCc1ccc(F)c(CN(C)C)c1)NCC(C)c1ccsc1.I. The lowest BCUT2D eigenvalue weighted by molar-refractivity contribution is 0.392. The molecule has 0 aliphatic carbocycles. The normalized spacial score (nSPS) is 12.6. The van der Waals surface area contributed by atoms with Gasteiger partial charge in [0.25, 0.3) is 0 Å². The molecule has 7 heteroatoms. The van der Waals surface area contributed by atoms with E-state index in [1.54, 1.807) is 18.4 Å². The first-order valence-corrected chi connectivity index (χ1v) is 9.32. The number of nitrogens with one attached hydrogen (secondary N) is 2. The molecule has 1 aromatic carbocycles. The first-order valence-electron chi connectivity index (χ1n) is 8.38. The maximum absolute atomic E-state index is 13.9. The molecule has 1 unspecified atom stereocenters. The molecular weight excluding hydrogens is 462 g/mol. The number of aliphatic imine (C=N–C) groups is 1. The van der Waals surface area contributed by atoms with E-state index in [4.69, 9.17) is 0 Å². The molecule has 0 bridgehead atoms. The Labute approximate surface area is 176 Å². The van der Waals surface area contributed by atoms with Gasteiger partial charge >= 0.3 is 0 Å². The second-order valence-corrected chi connectivity index (χ2v) is 7.21. The van der Waals surface area contributed by atoms with Crippen LogP contribution in [0.3, 0.4) is 0 Å². The average molecular weight is 490 g/mol. The van der Waals surface area contributed by atoms with Gasteiger partial charge in [-0.25, -0.2) is 4.39 Å². The van der Waals surface area contributed by atoms with Crippen LogP contribution in [0.4, 0.5) is 4.39 Å². The van der Waals surface area contributed by atoms with Gasteiger partial charge in [-0.1, -0.05) is 13.0 Å². The molecule has 26 heavy (non-hydrogen) atoms. The molecule has 2 rings (SSSR count). The molecule has 4 nitrogen and oxygen atoms in total. The van der Waals surface area contributed by atoms with Crippen LogP contribution in [0.15, 0.2) is 40.0 Å². The number of benzene rings is 1. The van der Waals surface area contributed by atoms with Crippen LogP contribution in [0.2, 0.25) is 0 Å². The molecule has 2 aromatic rings. The van der Waals surface area contributed by atoms with Gasteiger partial charge in [-0.2, -0.15) is 11.3 Å². The fourth-order valence-electron chi connectivity index (χ4n) is 2.53. The predicted molar refractivity (Wildman–Crippen MR) is 120 cm³/mol. The number of rotatable bonds is 7. The van der Waals surface area contributed by atoms with E-state index < -0.39 is 0 Å².